The number of hydrogen-bond acceptors (Lipinski definition) is 6. The molecule has 2 bridgehead atoms. The lowest BCUT2D eigenvalue weighted by Gasteiger charge is -2.25. The molecule has 0 saturated carbocycles. The minimum absolute atomic E-state index is 0.0332. The average molecular weight is 674 g/mol. The number of nitrogens with zero attached hydrogens (tertiary/aromatic N) is 1. The zero-order valence-corrected chi connectivity index (χ0v) is 28.0. The highest BCUT2D eigenvalue weighted by atomic mass is 19.1. The average Bonchev–Trinajstić information content (AvgIpc) is 3.07. The summed E-state index contributed by atoms with van der Waals surface area (Å²) in [4.78, 5) is 68.3. The SMILES string of the molecule is CC(C)C[C@@H]1NC(=O)[C@@H](Cc2ccccc2)NC(=O)c2ccc(cc2)CN(C(=O)c2cc(O)ccc2F)CCCCNC(=O)[C@@H](C)NC1=O. The van der Waals surface area contributed by atoms with Crippen LogP contribution in [0.2, 0.25) is 0 Å². The maximum atomic E-state index is 14.6. The summed E-state index contributed by atoms with van der Waals surface area (Å²) in [5, 5.41) is 21.0. The summed E-state index contributed by atoms with van der Waals surface area (Å²) in [6, 6.07) is 16.0. The van der Waals surface area contributed by atoms with Crippen molar-refractivity contribution in [1.29, 1.82) is 0 Å². The van der Waals surface area contributed by atoms with Gasteiger partial charge in [-0.1, -0.05) is 56.3 Å². The van der Waals surface area contributed by atoms with E-state index in [9.17, 15) is 33.5 Å². The van der Waals surface area contributed by atoms with E-state index in [0.29, 0.717) is 24.8 Å². The minimum Gasteiger partial charge on any atom is -0.508 e. The molecule has 2 aliphatic heterocycles. The van der Waals surface area contributed by atoms with Gasteiger partial charge in [0.15, 0.2) is 0 Å². The topological polar surface area (TPSA) is 157 Å². The fourth-order valence-electron chi connectivity index (χ4n) is 5.53. The summed E-state index contributed by atoms with van der Waals surface area (Å²) in [6.07, 6.45) is 1.40. The first-order valence-corrected chi connectivity index (χ1v) is 16.5. The lowest BCUT2D eigenvalue weighted by Crippen LogP contribution is -2.57. The lowest BCUT2D eigenvalue weighted by atomic mass is 10.0. The zero-order valence-electron chi connectivity index (χ0n) is 28.0. The molecule has 2 aliphatic rings. The highest BCUT2D eigenvalue weighted by Gasteiger charge is 2.30. The molecule has 0 aromatic heterocycles. The molecule has 0 saturated heterocycles. The van der Waals surface area contributed by atoms with Gasteiger partial charge in [-0.25, -0.2) is 4.39 Å². The van der Waals surface area contributed by atoms with Crippen molar-refractivity contribution in [3.63, 3.8) is 0 Å². The number of halogens is 1. The summed E-state index contributed by atoms with van der Waals surface area (Å²) in [5.41, 5.74) is 1.45. The van der Waals surface area contributed by atoms with Crippen molar-refractivity contribution >= 4 is 29.5 Å². The number of rotatable bonds is 5. The highest BCUT2D eigenvalue weighted by molar-refractivity contribution is 5.99. The molecule has 3 aromatic rings. The van der Waals surface area contributed by atoms with Gasteiger partial charge in [-0.2, -0.15) is 0 Å². The van der Waals surface area contributed by atoms with Crippen molar-refractivity contribution in [3.8, 4) is 5.75 Å². The van der Waals surface area contributed by atoms with Crippen LogP contribution in [0.25, 0.3) is 0 Å². The van der Waals surface area contributed by atoms with E-state index >= 15 is 0 Å². The summed E-state index contributed by atoms with van der Waals surface area (Å²) in [5.74, 6) is -3.62. The quantitative estimate of drug-likeness (QED) is 0.261. The highest BCUT2D eigenvalue weighted by Crippen LogP contribution is 2.20. The Morgan fingerprint density at radius 1 is 0.878 bits per heavy atom. The van der Waals surface area contributed by atoms with Crippen molar-refractivity contribution in [2.45, 2.75) is 71.1 Å². The fraction of sp³-hybridized carbons (Fsp3) is 0.378. The summed E-state index contributed by atoms with van der Waals surface area (Å²) in [7, 11) is 0. The molecule has 260 valence electrons. The second kappa shape index (κ2) is 17.2. The molecule has 0 fully saturated rings. The molecular weight excluding hydrogens is 629 g/mol. The largest absolute Gasteiger partial charge is 0.508 e. The molecule has 12 heteroatoms. The molecule has 0 spiro atoms. The second-order valence-electron chi connectivity index (χ2n) is 12.7. The Morgan fingerprint density at radius 2 is 1.57 bits per heavy atom. The third-order valence-corrected chi connectivity index (χ3v) is 8.21. The molecule has 3 atom stereocenters. The third kappa shape index (κ3) is 10.6. The molecular formula is C37H44FN5O6. The Kier molecular flexibility index (Phi) is 12.9. The van der Waals surface area contributed by atoms with Crippen LogP contribution < -0.4 is 21.3 Å². The molecule has 5 rings (SSSR count). The predicted molar refractivity (Wildman–Crippen MR) is 182 cm³/mol. The predicted octanol–water partition coefficient (Wildman–Crippen LogP) is 3.46. The standard InChI is InChI=1S/C37H44FN5O6/c1-23(2)19-31-35(47)40-24(3)33(45)39-17-7-8-18-43(37(49)29-21-28(44)15-16-30(29)38)22-26-11-13-27(14-12-26)34(46)41-32(36(48)42-31)20-25-9-5-4-6-10-25/h4-6,9-16,21,23-24,31-32,44H,7-8,17-20,22H2,1-3H3,(H,39,45)(H,40,47)(H,41,46)(H,42,48)/t24-,31+,32-/m1/s1. The molecule has 11 nitrogen and oxygen atoms in total. The van der Waals surface area contributed by atoms with Gasteiger partial charge >= 0.3 is 0 Å². The Labute approximate surface area is 285 Å². The van der Waals surface area contributed by atoms with Gasteiger partial charge in [0.05, 0.1) is 5.56 Å². The van der Waals surface area contributed by atoms with E-state index in [-0.39, 0.29) is 48.8 Å². The van der Waals surface area contributed by atoms with E-state index in [1.807, 2.05) is 44.2 Å². The van der Waals surface area contributed by atoms with Crippen molar-refractivity contribution in [2.75, 3.05) is 13.1 Å². The van der Waals surface area contributed by atoms with Crippen LogP contribution in [0.3, 0.4) is 0 Å². The van der Waals surface area contributed by atoms with Crippen molar-refractivity contribution in [1.82, 2.24) is 26.2 Å². The number of carbonyl (C=O) groups is 5. The van der Waals surface area contributed by atoms with Crippen LogP contribution in [-0.2, 0) is 27.3 Å². The number of amides is 5. The number of nitrogens with one attached hydrogen (secondary N) is 4. The third-order valence-electron chi connectivity index (χ3n) is 8.21. The molecule has 0 aliphatic carbocycles. The number of phenolic OH excluding ortho intramolecular Hbond substituents is 1. The fourth-order valence-corrected chi connectivity index (χ4v) is 5.53. The van der Waals surface area contributed by atoms with Crippen molar-refractivity contribution in [3.05, 3.63) is 101 Å². The van der Waals surface area contributed by atoms with Gasteiger partial charge in [-0.15, -0.1) is 0 Å². The second-order valence-corrected chi connectivity index (χ2v) is 12.7. The van der Waals surface area contributed by atoms with E-state index in [1.54, 1.807) is 31.2 Å². The van der Waals surface area contributed by atoms with E-state index in [0.717, 1.165) is 23.8 Å². The lowest BCUT2D eigenvalue weighted by molar-refractivity contribution is -0.132. The Balaban J connectivity index is 1.64. The number of aromatic hydroxyl groups is 1. The van der Waals surface area contributed by atoms with Crippen LogP contribution >= 0.6 is 0 Å². The van der Waals surface area contributed by atoms with Gasteiger partial charge in [0.1, 0.15) is 29.7 Å². The summed E-state index contributed by atoms with van der Waals surface area (Å²) >= 11 is 0. The van der Waals surface area contributed by atoms with Crippen LogP contribution in [0, 0.1) is 11.7 Å². The molecule has 5 amide bonds. The van der Waals surface area contributed by atoms with Gasteiger partial charge < -0.3 is 31.3 Å². The number of carbonyl (C=O) groups excluding carboxylic acids is 5. The maximum absolute atomic E-state index is 14.6. The van der Waals surface area contributed by atoms with E-state index < -0.39 is 53.5 Å². The Hall–Kier alpha value is -5.26. The smallest absolute Gasteiger partial charge is 0.257 e. The molecule has 3 aromatic carbocycles. The normalized spacial score (nSPS) is 20.1. The van der Waals surface area contributed by atoms with E-state index in [1.165, 1.54) is 4.90 Å². The number of benzene rings is 3. The maximum Gasteiger partial charge on any atom is 0.257 e. The Bertz CT molecular complexity index is 1630. The van der Waals surface area contributed by atoms with Crippen LogP contribution in [0.5, 0.6) is 5.75 Å². The Morgan fingerprint density at radius 3 is 2.27 bits per heavy atom. The van der Waals surface area contributed by atoms with Crippen molar-refractivity contribution in [2.24, 2.45) is 5.92 Å². The summed E-state index contributed by atoms with van der Waals surface area (Å²) < 4.78 is 14.6. The molecule has 5 N–H and O–H groups in total. The minimum atomic E-state index is -1.03. The van der Waals surface area contributed by atoms with Crippen LogP contribution in [0.4, 0.5) is 4.39 Å². The molecule has 0 radical (unpaired) electrons. The van der Waals surface area contributed by atoms with Gasteiger partial charge in [-0.3, -0.25) is 24.0 Å². The first-order chi connectivity index (χ1) is 23.4. The monoisotopic (exact) mass is 673 g/mol. The van der Waals surface area contributed by atoms with Crippen molar-refractivity contribution < 1.29 is 33.5 Å². The molecule has 0 unspecified atom stereocenters. The first-order valence-electron chi connectivity index (χ1n) is 16.5. The van der Waals surface area contributed by atoms with E-state index in [4.69, 9.17) is 0 Å². The number of fused-ring (bicyclic) bond motifs is 18. The summed E-state index contributed by atoms with van der Waals surface area (Å²) in [6.45, 7) is 5.93. The molecule has 2 heterocycles. The van der Waals surface area contributed by atoms with Crippen LogP contribution in [0.15, 0.2) is 72.8 Å². The molecule has 49 heavy (non-hydrogen) atoms. The van der Waals surface area contributed by atoms with Gasteiger partial charge in [-0.05, 0) is 73.6 Å². The van der Waals surface area contributed by atoms with Gasteiger partial charge in [0.25, 0.3) is 11.8 Å². The van der Waals surface area contributed by atoms with E-state index in [2.05, 4.69) is 21.3 Å². The zero-order chi connectivity index (χ0) is 35.5. The van der Waals surface area contributed by atoms with Gasteiger partial charge in [0, 0.05) is 31.6 Å². The number of hydrogen-bond donors (Lipinski definition) is 5. The number of phenols is 1. The van der Waals surface area contributed by atoms with Gasteiger partial charge in [0.2, 0.25) is 17.7 Å². The van der Waals surface area contributed by atoms with Crippen LogP contribution in [-0.4, -0.2) is 70.8 Å². The van der Waals surface area contributed by atoms with Crippen LogP contribution in [0.1, 0.15) is 71.9 Å². The first kappa shape index (κ1) is 36.6.